The standard InChI is InChI=1S/C24H30N6O/c1-23-9-10-24(2,29(23)4)15-18(14-23)28(3)22-8-7-20(26-27-22)19-6-5-17(13-21(19)31)30-12-11-25-16-30/h5-8,11-13,16,18,31H,9-10,14-15H2,1-4H3/t18-,23-,24+. The lowest BCUT2D eigenvalue weighted by molar-refractivity contribution is 0.0273. The Morgan fingerprint density at radius 1 is 1.06 bits per heavy atom. The Kier molecular flexibility index (Phi) is 4.55. The average Bonchev–Trinajstić information content (AvgIpc) is 3.34. The van der Waals surface area contributed by atoms with Gasteiger partial charge in [0.05, 0.1) is 17.7 Å². The van der Waals surface area contributed by atoms with Gasteiger partial charge in [-0.05, 0) is 70.8 Å². The third-order valence-corrected chi connectivity index (χ3v) is 7.79. The molecule has 0 unspecified atom stereocenters. The quantitative estimate of drug-likeness (QED) is 0.693. The molecule has 0 saturated carbocycles. The molecule has 3 atom stereocenters. The van der Waals surface area contributed by atoms with Crippen LogP contribution in [0.2, 0.25) is 0 Å². The summed E-state index contributed by atoms with van der Waals surface area (Å²) in [5.41, 5.74) is 2.68. The predicted octanol–water partition coefficient (Wildman–Crippen LogP) is 3.88. The van der Waals surface area contributed by atoms with Crippen LogP contribution >= 0.6 is 0 Å². The SMILES string of the molecule is CN(c1ccc(-c2ccc(-n3ccnc3)cc2O)nn1)[C@H]1C[C@]2(C)CC[C@](C)(C1)N2C. The van der Waals surface area contributed by atoms with E-state index in [0.717, 1.165) is 24.3 Å². The Hall–Kier alpha value is -2.93. The molecule has 0 radical (unpaired) electrons. The number of imidazole rings is 1. The number of phenols is 1. The summed E-state index contributed by atoms with van der Waals surface area (Å²) in [6, 6.07) is 9.92. The fourth-order valence-corrected chi connectivity index (χ4v) is 5.52. The van der Waals surface area contributed by atoms with Crippen molar-refractivity contribution in [3.63, 3.8) is 0 Å². The van der Waals surface area contributed by atoms with E-state index in [1.54, 1.807) is 18.6 Å². The lowest BCUT2D eigenvalue weighted by Crippen LogP contribution is -2.59. The second-order valence-electron chi connectivity index (χ2n) is 9.67. The van der Waals surface area contributed by atoms with Crippen LogP contribution < -0.4 is 4.90 Å². The second kappa shape index (κ2) is 7.05. The number of hydrogen-bond acceptors (Lipinski definition) is 6. The first-order chi connectivity index (χ1) is 14.8. The summed E-state index contributed by atoms with van der Waals surface area (Å²) in [5.74, 6) is 1.05. The van der Waals surface area contributed by atoms with Gasteiger partial charge in [-0.25, -0.2) is 4.98 Å². The maximum Gasteiger partial charge on any atom is 0.151 e. The number of piperidine rings is 1. The normalized spacial score (nSPS) is 28.1. The Labute approximate surface area is 183 Å². The number of rotatable bonds is 4. The van der Waals surface area contributed by atoms with Gasteiger partial charge < -0.3 is 14.6 Å². The molecular formula is C24H30N6O. The lowest BCUT2D eigenvalue weighted by Gasteiger charge is -2.51. The molecule has 0 aliphatic carbocycles. The molecule has 2 aliphatic heterocycles. The summed E-state index contributed by atoms with van der Waals surface area (Å²) in [4.78, 5) is 8.93. The van der Waals surface area contributed by atoms with Crippen molar-refractivity contribution in [2.75, 3.05) is 19.0 Å². The third kappa shape index (κ3) is 3.28. The molecule has 2 saturated heterocycles. The molecule has 2 aromatic heterocycles. The van der Waals surface area contributed by atoms with E-state index in [-0.39, 0.29) is 16.8 Å². The van der Waals surface area contributed by atoms with Crippen LogP contribution in [0.3, 0.4) is 0 Å². The van der Waals surface area contributed by atoms with E-state index < -0.39 is 0 Å². The van der Waals surface area contributed by atoms with Crippen molar-refractivity contribution in [2.45, 2.75) is 56.7 Å². The van der Waals surface area contributed by atoms with Crippen LogP contribution in [0.15, 0.2) is 49.1 Å². The molecule has 4 heterocycles. The maximum absolute atomic E-state index is 10.6. The van der Waals surface area contributed by atoms with Crippen LogP contribution in [0.5, 0.6) is 5.75 Å². The van der Waals surface area contributed by atoms with Gasteiger partial charge in [-0.3, -0.25) is 4.90 Å². The van der Waals surface area contributed by atoms with E-state index in [1.165, 1.54) is 12.8 Å². The predicted molar refractivity (Wildman–Crippen MR) is 121 cm³/mol. The molecular weight excluding hydrogens is 388 g/mol. The molecule has 1 aromatic carbocycles. The molecule has 2 fully saturated rings. The molecule has 3 aromatic rings. The van der Waals surface area contributed by atoms with Gasteiger partial charge in [-0.1, -0.05) is 0 Å². The minimum Gasteiger partial charge on any atom is -0.507 e. The van der Waals surface area contributed by atoms with Gasteiger partial charge in [0.15, 0.2) is 5.82 Å². The van der Waals surface area contributed by atoms with Crippen LogP contribution in [0.25, 0.3) is 16.9 Å². The second-order valence-corrected chi connectivity index (χ2v) is 9.67. The number of aromatic nitrogens is 4. The van der Waals surface area contributed by atoms with Crippen LogP contribution in [0.1, 0.15) is 39.5 Å². The van der Waals surface area contributed by atoms with Crippen molar-refractivity contribution in [1.82, 2.24) is 24.6 Å². The zero-order chi connectivity index (χ0) is 21.8. The van der Waals surface area contributed by atoms with Gasteiger partial charge in [0.2, 0.25) is 0 Å². The monoisotopic (exact) mass is 418 g/mol. The van der Waals surface area contributed by atoms with E-state index in [1.807, 2.05) is 35.0 Å². The van der Waals surface area contributed by atoms with E-state index in [0.29, 0.717) is 17.3 Å². The number of phenolic OH excluding ortho intramolecular Hbond substituents is 1. The molecule has 5 rings (SSSR count). The summed E-state index contributed by atoms with van der Waals surface area (Å²) in [6.45, 7) is 4.78. The summed E-state index contributed by atoms with van der Waals surface area (Å²) in [5, 5.41) is 19.5. The first-order valence-electron chi connectivity index (χ1n) is 10.9. The minimum absolute atomic E-state index is 0.175. The number of benzene rings is 1. The zero-order valence-corrected chi connectivity index (χ0v) is 18.7. The summed E-state index contributed by atoms with van der Waals surface area (Å²) in [6.07, 6.45) is 10.0. The summed E-state index contributed by atoms with van der Waals surface area (Å²) in [7, 11) is 4.41. The van der Waals surface area contributed by atoms with Gasteiger partial charge >= 0.3 is 0 Å². The third-order valence-electron chi connectivity index (χ3n) is 7.79. The Morgan fingerprint density at radius 3 is 2.39 bits per heavy atom. The van der Waals surface area contributed by atoms with E-state index in [4.69, 9.17) is 0 Å². The summed E-state index contributed by atoms with van der Waals surface area (Å²) >= 11 is 0. The Morgan fingerprint density at radius 2 is 1.81 bits per heavy atom. The lowest BCUT2D eigenvalue weighted by atomic mass is 9.82. The number of aromatic hydroxyl groups is 1. The van der Waals surface area contributed by atoms with Crippen molar-refractivity contribution in [1.29, 1.82) is 0 Å². The van der Waals surface area contributed by atoms with Crippen LogP contribution in [-0.4, -0.2) is 61.0 Å². The van der Waals surface area contributed by atoms with Crippen LogP contribution in [0, 0.1) is 0 Å². The zero-order valence-electron chi connectivity index (χ0n) is 18.7. The molecule has 2 bridgehead atoms. The van der Waals surface area contributed by atoms with Crippen molar-refractivity contribution in [3.05, 3.63) is 49.1 Å². The number of fused-ring (bicyclic) bond motifs is 2. The fourth-order valence-electron chi connectivity index (χ4n) is 5.52. The van der Waals surface area contributed by atoms with E-state index >= 15 is 0 Å². The van der Waals surface area contributed by atoms with Gasteiger partial charge in [0, 0.05) is 48.2 Å². The number of nitrogens with zero attached hydrogens (tertiary/aromatic N) is 6. The van der Waals surface area contributed by atoms with Crippen molar-refractivity contribution < 1.29 is 5.11 Å². The largest absolute Gasteiger partial charge is 0.507 e. The van der Waals surface area contributed by atoms with Crippen molar-refractivity contribution >= 4 is 5.82 Å². The first-order valence-corrected chi connectivity index (χ1v) is 10.9. The van der Waals surface area contributed by atoms with Gasteiger partial charge in [-0.15, -0.1) is 10.2 Å². The fraction of sp³-hybridized carbons (Fsp3) is 0.458. The van der Waals surface area contributed by atoms with E-state index in [2.05, 4.69) is 52.9 Å². The number of hydrogen-bond donors (Lipinski definition) is 1. The Bertz CT molecular complexity index is 1060. The molecule has 0 amide bonds. The van der Waals surface area contributed by atoms with Crippen LogP contribution in [-0.2, 0) is 0 Å². The highest BCUT2D eigenvalue weighted by molar-refractivity contribution is 5.69. The van der Waals surface area contributed by atoms with Crippen LogP contribution in [0.4, 0.5) is 5.82 Å². The highest BCUT2D eigenvalue weighted by Crippen LogP contribution is 2.50. The molecule has 162 valence electrons. The molecule has 7 heteroatoms. The highest BCUT2D eigenvalue weighted by atomic mass is 16.3. The van der Waals surface area contributed by atoms with Gasteiger partial charge in [0.25, 0.3) is 0 Å². The smallest absolute Gasteiger partial charge is 0.151 e. The highest BCUT2D eigenvalue weighted by Gasteiger charge is 2.54. The summed E-state index contributed by atoms with van der Waals surface area (Å²) < 4.78 is 1.85. The molecule has 31 heavy (non-hydrogen) atoms. The topological polar surface area (TPSA) is 70.3 Å². The first kappa shape index (κ1) is 20.0. The molecule has 2 aliphatic rings. The van der Waals surface area contributed by atoms with Gasteiger partial charge in [0.1, 0.15) is 5.75 Å². The Balaban J connectivity index is 1.36. The maximum atomic E-state index is 10.6. The van der Waals surface area contributed by atoms with E-state index in [9.17, 15) is 5.11 Å². The van der Waals surface area contributed by atoms with Gasteiger partial charge in [-0.2, -0.15) is 0 Å². The minimum atomic E-state index is 0.175. The number of anilines is 1. The molecule has 1 N–H and O–H groups in total. The van der Waals surface area contributed by atoms with Crippen molar-refractivity contribution in [3.8, 4) is 22.7 Å². The molecule has 7 nitrogen and oxygen atoms in total. The average molecular weight is 419 g/mol. The van der Waals surface area contributed by atoms with Crippen molar-refractivity contribution in [2.24, 2.45) is 0 Å². The molecule has 0 spiro atoms.